The number of nitrogens with zero attached hydrogens (tertiary/aromatic N) is 2. The molecule has 0 saturated carbocycles. The predicted molar refractivity (Wildman–Crippen MR) is 99.3 cm³/mol. The maximum Gasteiger partial charge on any atom is 0.166 e. The number of fused-ring (bicyclic) bond motifs is 1. The molecule has 0 aliphatic carbocycles. The fourth-order valence-electron chi connectivity index (χ4n) is 2.24. The zero-order valence-electron chi connectivity index (χ0n) is 13.0. The summed E-state index contributed by atoms with van der Waals surface area (Å²) in [5.41, 5.74) is 3.46. The molecular formula is C17H13Cl2N3O3. The van der Waals surface area contributed by atoms with Gasteiger partial charge in [-0.1, -0.05) is 29.3 Å². The quantitative estimate of drug-likeness (QED) is 0.463. The summed E-state index contributed by atoms with van der Waals surface area (Å²) in [5, 5.41) is 25.2. The summed E-state index contributed by atoms with van der Waals surface area (Å²) in [6.45, 7) is 0. The average molecular weight is 378 g/mol. The summed E-state index contributed by atoms with van der Waals surface area (Å²) in [6.07, 6.45) is 1.43. The molecule has 3 N–H and O–H groups in total. The van der Waals surface area contributed by atoms with E-state index in [0.717, 1.165) is 0 Å². The van der Waals surface area contributed by atoms with Crippen LogP contribution in [0.1, 0.15) is 5.56 Å². The summed E-state index contributed by atoms with van der Waals surface area (Å²) >= 11 is 12.0. The molecule has 6 nitrogen and oxygen atoms in total. The molecule has 3 rings (SSSR count). The molecule has 0 amide bonds. The molecule has 0 atom stereocenters. The lowest BCUT2D eigenvalue weighted by Crippen LogP contribution is -1.95. The number of pyridine rings is 1. The Balaban J connectivity index is 1.88. The van der Waals surface area contributed by atoms with E-state index in [2.05, 4.69) is 15.5 Å². The van der Waals surface area contributed by atoms with E-state index in [1.165, 1.54) is 19.4 Å². The van der Waals surface area contributed by atoms with Crippen molar-refractivity contribution in [2.24, 2.45) is 5.10 Å². The second-order valence-electron chi connectivity index (χ2n) is 5.05. The molecule has 1 aromatic heterocycles. The van der Waals surface area contributed by atoms with E-state index in [-0.39, 0.29) is 22.0 Å². The number of methoxy groups -OCH3 is 1. The van der Waals surface area contributed by atoms with Gasteiger partial charge >= 0.3 is 0 Å². The fraction of sp³-hybridized carbons (Fsp3) is 0.0588. The second kappa shape index (κ2) is 7.04. The third kappa shape index (κ3) is 3.40. The number of benzene rings is 2. The minimum atomic E-state index is -0.154. The maximum atomic E-state index is 10.0. The van der Waals surface area contributed by atoms with Crippen LogP contribution in [0, 0.1) is 0 Å². The van der Waals surface area contributed by atoms with Crippen LogP contribution in [0.5, 0.6) is 17.2 Å². The van der Waals surface area contributed by atoms with Gasteiger partial charge in [0.25, 0.3) is 0 Å². The van der Waals surface area contributed by atoms with Crippen LogP contribution in [-0.4, -0.2) is 28.5 Å². The summed E-state index contributed by atoms with van der Waals surface area (Å²) in [4.78, 5) is 4.25. The summed E-state index contributed by atoms with van der Waals surface area (Å²) in [5.74, 6) is 0.555. The van der Waals surface area contributed by atoms with E-state index in [1.807, 2.05) is 0 Å². The van der Waals surface area contributed by atoms with Crippen molar-refractivity contribution in [1.29, 1.82) is 0 Å². The molecule has 0 radical (unpaired) electrons. The molecule has 8 heteroatoms. The Kier molecular flexibility index (Phi) is 4.83. The monoisotopic (exact) mass is 377 g/mol. The van der Waals surface area contributed by atoms with Gasteiger partial charge in [0.15, 0.2) is 17.2 Å². The minimum Gasteiger partial charge on any atom is -0.504 e. The topological polar surface area (TPSA) is 87.0 Å². The number of aromatic nitrogens is 1. The molecule has 0 bridgehead atoms. The summed E-state index contributed by atoms with van der Waals surface area (Å²) in [6, 6.07) is 9.87. The van der Waals surface area contributed by atoms with Gasteiger partial charge in [-0.25, -0.2) is 4.98 Å². The van der Waals surface area contributed by atoms with Crippen molar-refractivity contribution in [2.45, 2.75) is 0 Å². The Labute approximate surface area is 153 Å². The first-order valence-electron chi connectivity index (χ1n) is 7.14. The van der Waals surface area contributed by atoms with Crippen molar-refractivity contribution in [3.63, 3.8) is 0 Å². The van der Waals surface area contributed by atoms with Gasteiger partial charge < -0.3 is 14.9 Å². The van der Waals surface area contributed by atoms with Crippen LogP contribution in [0.15, 0.2) is 41.5 Å². The number of hydrogen-bond acceptors (Lipinski definition) is 6. The molecule has 1 heterocycles. The van der Waals surface area contributed by atoms with Gasteiger partial charge in [0.2, 0.25) is 0 Å². The van der Waals surface area contributed by atoms with Crippen molar-refractivity contribution < 1.29 is 14.9 Å². The molecule has 0 saturated heterocycles. The molecule has 0 unspecified atom stereocenters. The summed E-state index contributed by atoms with van der Waals surface area (Å²) in [7, 11) is 1.47. The minimum absolute atomic E-state index is 0.0155. The molecule has 2 aromatic carbocycles. The van der Waals surface area contributed by atoms with Crippen LogP contribution in [0.3, 0.4) is 0 Å². The van der Waals surface area contributed by atoms with Crippen LogP contribution in [0.4, 0.5) is 5.82 Å². The first-order valence-corrected chi connectivity index (χ1v) is 7.89. The molecule has 0 fully saturated rings. The van der Waals surface area contributed by atoms with Gasteiger partial charge in [0.1, 0.15) is 11.3 Å². The lowest BCUT2D eigenvalue weighted by molar-refractivity contribution is 0.373. The number of rotatable bonds is 4. The molecule has 0 aliphatic heterocycles. The van der Waals surface area contributed by atoms with Gasteiger partial charge in [0.05, 0.1) is 23.4 Å². The highest BCUT2D eigenvalue weighted by Gasteiger charge is 2.11. The van der Waals surface area contributed by atoms with Gasteiger partial charge in [-0.05, 0) is 30.3 Å². The average Bonchev–Trinajstić information content (AvgIpc) is 2.61. The predicted octanol–water partition coefficient (Wildman–Crippen LogP) is 4.41. The number of para-hydroxylation sites is 1. The van der Waals surface area contributed by atoms with E-state index in [1.54, 1.807) is 30.3 Å². The van der Waals surface area contributed by atoms with Crippen molar-refractivity contribution in [2.75, 3.05) is 12.5 Å². The van der Waals surface area contributed by atoms with Crippen LogP contribution in [0.2, 0.25) is 10.0 Å². The van der Waals surface area contributed by atoms with Gasteiger partial charge in [-0.2, -0.15) is 5.10 Å². The number of anilines is 1. The zero-order valence-corrected chi connectivity index (χ0v) is 14.5. The lowest BCUT2D eigenvalue weighted by atomic mass is 10.2. The van der Waals surface area contributed by atoms with Gasteiger partial charge in [-0.3, -0.25) is 5.43 Å². The SMILES string of the molecule is COc1cccc(/C=N\Nc2ccc3c(Cl)cc(Cl)c(O)c3n2)c1O. The Morgan fingerprint density at radius 2 is 1.92 bits per heavy atom. The van der Waals surface area contributed by atoms with E-state index >= 15 is 0 Å². The number of nitrogens with one attached hydrogen (secondary N) is 1. The van der Waals surface area contributed by atoms with Crippen LogP contribution < -0.4 is 10.2 Å². The molecule has 0 aliphatic rings. The van der Waals surface area contributed by atoms with E-state index in [0.29, 0.717) is 27.5 Å². The second-order valence-corrected chi connectivity index (χ2v) is 5.86. The van der Waals surface area contributed by atoms with Crippen molar-refractivity contribution in [3.8, 4) is 17.2 Å². The first-order chi connectivity index (χ1) is 12.0. The zero-order chi connectivity index (χ0) is 18.0. The number of aromatic hydroxyl groups is 2. The van der Waals surface area contributed by atoms with Gasteiger partial charge in [-0.15, -0.1) is 0 Å². The van der Waals surface area contributed by atoms with Crippen LogP contribution in [-0.2, 0) is 0 Å². The highest BCUT2D eigenvalue weighted by molar-refractivity contribution is 6.39. The molecular weight excluding hydrogens is 365 g/mol. The highest BCUT2D eigenvalue weighted by atomic mass is 35.5. The normalized spacial score (nSPS) is 11.2. The standard InChI is InChI=1S/C17H13Cl2N3O3/c1-25-13-4-2-3-9(16(13)23)8-20-22-14-6-5-10-11(18)7-12(19)17(24)15(10)21-14/h2-8,23-24H,1H3,(H,21,22)/b20-8-. The van der Waals surface area contributed by atoms with Crippen molar-refractivity contribution in [1.82, 2.24) is 4.98 Å². The van der Waals surface area contributed by atoms with Crippen LogP contribution in [0.25, 0.3) is 10.9 Å². The van der Waals surface area contributed by atoms with E-state index in [9.17, 15) is 10.2 Å². The lowest BCUT2D eigenvalue weighted by Gasteiger charge is -2.07. The first kappa shape index (κ1) is 17.1. The Hall–Kier alpha value is -2.70. The fourth-order valence-corrected chi connectivity index (χ4v) is 2.76. The number of phenols is 2. The number of phenolic OH excluding ortho intramolecular Hbond substituents is 2. The van der Waals surface area contributed by atoms with E-state index < -0.39 is 0 Å². The molecule has 25 heavy (non-hydrogen) atoms. The number of halogens is 2. The third-order valence-corrected chi connectivity index (χ3v) is 4.09. The van der Waals surface area contributed by atoms with Crippen molar-refractivity contribution in [3.05, 3.63) is 52.0 Å². The number of hydrogen-bond donors (Lipinski definition) is 3. The molecule has 128 valence electrons. The third-order valence-electron chi connectivity index (χ3n) is 3.49. The Morgan fingerprint density at radius 1 is 1.12 bits per heavy atom. The van der Waals surface area contributed by atoms with Crippen LogP contribution >= 0.6 is 23.2 Å². The van der Waals surface area contributed by atoms with E-state index in [4.69, 9.17) is 27.9 Å². The maximum absolute atomic E-state index is 10.0. The largest absolute Gasteiger partial charge is 0.504 e. The number of hydrazone groups is 1. The molecule has 0 spiro atoms. The Morgan fingerprint density at radius 3 is 2.68 bits per heavy atom. The van der Waals surface area contributed by atoms with Crippen molar-refractivity contribution >= 4 is 46.1 Å². The molecule has 3 aromatic rings. The highest BCUT2D eigenvalue weighted by Crippen LogP contribution is 2.36. The van der Waals surface area contributed by atoms with Gasteiger partial charge in [0, 0.05) is 10.9 Å². The smallest absolute Gasteiger partial charge is 0.166 e. The summed E-state index contributed by atoms with van der Waals surface area (Å²) < 4.78 is 5.04. The Bertz CT molecular complexity index is 977. The number of ether oxygens (including phenoxy) is 1.